The minimum atomic E-state index is -0.0348. The molecule has 2 nitrogen and oxygen atoms in total. The summed E-state index contributed by atoms with van der Waals surface area (Å²) in [5.41, 5.74) is 8.28. The molecule has 0 heterocycles. The summed E-state index contributed by atoms with van der Waals surface area (Å²) in [6.45, 7) is 9.91. The number of benzene rings is 1. The summed E-state index contributed by atoms with van der Waals surface area (Å²) in [6, 6.07) is 7.90. The van der Waals surface area contributed by atoms with Gasteiger partial charge in [-0.05, 0) is 33.3 Å². The molecule has 0 fully saturated rings. The van der Waals surface area contributed by atoms with Gasteiger partial charge in [-0.15, -0.1) is 19.0 Å². The van der Waals surface area contributed by atoms with E-state index < -0.39 is 0 Å². The molecule has 1 aromatic rings. The highest BCUT2D eigenvalue weighted by Crippen LogP contribution is 2.27. The molecule has 2 N–H and O–H groups in total. The average molecular weight is 256 g/mol. The van der Waals surface area contributed by atoms with Gasteiger partial charge in [0.1, 0.15) is 5.75 Å². The van der Waals surface area contributed by atoms with Crippen LogP contribution in [0.15, 0.2) is 36.4 Å². The highest BCUT2D eigenvalue weighted by atomic mass is 35.5. The molecular formula is C14H22ClNO. The molecule has 0 saturated carbocycles. The highest BCUT2D eigenvalue weighted by Gasteiger charge is 2.12. The maximum atomic E-state index is 6.13. The van der Waals surface area contributed by atoms with Crippen molar-refractivity contribution < 1.29 is 4.74 Å². The van der Waals surface area contributed by atoms with Crippen molar-refractivity contribution in [3.63, 3.8) is 0 Å². The lowest BCUT2D eigenvalue weighted by Crippen LogP contribution is -2.14. The SMILES string of the molecule is C=C(C)C[C@H](N)c1ccccc1OC(C)C.Cl. The Morgan fingerprint density at radius 1 is 1.35 bits per heavy atom. The predicted molar refractivity (Wildman–Crippen MR) is 75.8 cm³/mol. The van der Waals surface area contributed by atoms with E-state index in [1.165, 1.54) is 0 Å². The van der Waals surface area contributed by atoms with Crippen molar-refractivity contribution in [3.05, 3.63) is 42.0 Å². The summed E-state index contributed by atoms with van der Waals surface area (Å²) < 4.78 is 5.74. The van der Waals surface area contributed by atoms with E-state index in [0.29, 0.717) is 0 Å². The van der Waals surface area contributed by atoms with Crippen molar-refractivity contribution in [1.82, 2.24) is 0 Å². The standard InChI is InChI=1S/C14H21NO.ClH/c1-10(2)9-13(15)12-7-5-6-8-14(12)16-11(3)4;/h5-8,11,13H,1,9,15H2,2-4H3;1H/t13-;/m0./s1. The van der Waals surface area contributed by atoms with Gasteiger partial charge in [-0.2, -0.15) is 0 Å². The Kier molecular flexibility index (Phi) is 6.93. The second-order valence-electron chi connectivity index (χ2n) is 4.47. The molecule has 17 heavy (non-hydrogen) atoms. The van der Waals surface area contributed by atoms with E-state index in [0.717, 1.165) is 23.3 Å². The van der Waals surface area contributed by atoms with Gasteiger partial charge in [0.25, 0.3) is 0 Å². The Balaban J connectivity index is 0.00000256. The monoisotopic (exact) mass is 255 g/mol. The minimum absolute atomic E-state index is 0. The van der Waals surface area contributed by atoms with Gasteiger partial charge in [0.2, 0.25) is 0 Å². The van der Waals surface area contributed by atoms with E-state index in [9.17, 15) is 0 Å². The van der Waals surface area contributed by atoms with Crippen LogP contribution in [0.1, 0.15) is 38.8 Å². The lowest BCUT2D eigenvalue weighted by atomic mass is 10.0. The molecule has 1 rings (SSSR count). The van der Waals surface area contributed by atoms with Gasteiger partial charge < -0.3 is 10.5 Å². The quantitative estimate of drug-likeness (QED) is 0.811. The first-order valence-electron chi connectivity index (χ1n) is 5.66. The van der Waals surface area contributed by atoms with Crippen molar-refractivity contribution in [3.8, 4) is 5.75 Å². The van der Waals surface area contributed by atoms with Crippen molar-refractivity contribution >= 4 is 12.4 Å². The molecule has 96 valence electrons. The van der Waals surface area contributed by atoms with Crippen LogP contribution in [0.2, 0.25) is 0 Å². The van der Waals surface area contributed by atoms with Crippen LogP contribution in [0.4, 0.5) is 0 Å². The molecule has 0 radical (unpaired) electrons. The first-order valence-corrected chi connectivity index (χ1v) is 5.66. The van der Waals surface area contributed by atoms with E-state index in [4.69, 9.17) is 10.5 Å². The van der Waals surface area contributed by atoms with E-state index in [2.05, 4.69) is 6.58 Å². The van der Waals surface area contributed by atoms with Crippen molar-refractivity contribution in [2.75, 3.05) is 0 Å². The summed E-state index contributed by atoms with van der Waals surface area (Å²) in [5, 5.41) is 0. The first kappa shape index (κ1) is 16.0. The maximum Gasteiger partial charge on any atom is 0.124 e. The van der Waals surface area contributed by atoms with Crippen LogP contribution in [-0.2, 0) is 0 Å². The topological polar surface area (TPSA) is 35.2 Å². The molecule has 0 amide bonds. The van der Waals surface area contributed by atoms with Crippen molar-refractivity contribution in [2.24, 2.45) is 5.73 Å². The van der Waals surface area contributed by atoms with Crippen molar-refractivity contribution in [2.45, 2.75) is 39.3 Å². The molecular weight excluding hydrogens is 234 g/mol. The van der Waals surface area contributed by atoms with Gasteiger partial charge in [-0.1, -0.05) is 23.8 Å². The zero-order valence-electron chi connectivity index (χ0n) is 10.8. The fourth-order valence-electron chi connectivity index (χ4n) is 1.63. The van der Waals surface area contributed by atoms with Crippen LogP contribution in [0.5, 0.6) is 5.75 Å². The summed E-state index contributed by atoms with van der Waals surface area (Å²) in [6.07, 6.45) is 0.955. The van der Waals surface area contributed by atoms with Crippen LogP contribution in [0.25, 0.3) is 0 Å². The summed E-state index contributed by atoms with van der Waals surface area (Å²) in [4.78, 5) is 0. The molecule has 1 atom stereocenters. The van der Waals surface area contributed by atoms with Gasteiger partial charge in [0.15, 0.2) is 0 Å². The van der Waals surface area contributed by atoms with E-state index in [-0.39, 0.29) is 24.6 Å². The molecule has 0 spiro atoms. The molecule has 0 aromatic heterocycles. The number of ether oxygens (including phenoxy) is 1. The molecule has 0 aliphatic heterocycles. The Morgan fingerprint density at radius 3 is 2.47 bits per heavy atom. The second kappa shape index (κ2) is 7.36. The lowest BCUT2D eigenvalue weighted by molar-refractivity contribution is 0.238. The third-order valence-electron chi connectivity index (χ3n) is 2.25. The number of hydrogen-bond donors (Lipinski definition) is 1. The van der Waals surface area contributed by atoms with Crippen molar-refractivity contribution in [1.29, 1.82) is 0 Å². The Labute approximate surface area is 110 Å². The smallest absolute Gasteiger partial charge is 0.124 e. The fraction of sp³-hybridized carbons (Fsp3) is 0.429. The number of nitrogens with two attached hydrogens (primary N) is 1. The summed E-state index contributed by atoms with van der Waals surface area (Å²) in [5.74, 6) is 0.881. The van der Waals surface area contributed by atoms with Crippen LogP contribution >= 0.6 is 12.4 Å². The molecule has 0 aliphatic rings. The second-order valence-corrected chi connectivity index (χ2v) is 4.47. The van der Waals surface area contributed by atoms with E-state index >= 15 is 0 Å². The third-order valence-corrected chi connectivity index (χ3v) is 2.25. The van der Waals surface area contributed by atoms with Gasteiger partial charge in [0.05, 0.1) is 6.10 Å². The normalized spacial score (nSPS) is 11.8. The zero-order valence-corrected chi connectivity index (χ0v) is 11.6. The number of hydrogen-bond acceptors (Lipinski definition) is 2. The Morgan fingerprint density at radius 2 is 1.94 bits per heavy atom. The minimum Gasteiger partial charge on any atom is -0.491 e. The maximum absolute atomic E-state index is 6.13. The predicted octanol–water partition coefficient (Wildman–Crippen LogP) is 3.86. The zero-order chi connectivity index (χ0) is 12.1. The first-order chi connectivity index (χ1) is 7.50. The summed E-state index contributed by atoms with van der Waals surface area (Å²) in [7, 11) is 0. The molecule has 0 bridgehead atoms. The Bertz CT molecular complexity index is 363. The van der Waals surface area contributed by atoms with Gasteiger partial charge in [-0.3, -0.25) is 0 Å². The number of halogens is 1. The molecule has 0 saturated heterocycles. The highest BCUT2D eigenvalue weighted by molar-refractivity contribution is 5.85. The van der Waals surface area contributed by atoms with Crippen LogP contribution in [0, 0.1) is 0 Å². The number of para-hydroxylation sites is 1. The molecule has 0 aliphatic carbocycles. The van der Waals surface area contributed by atoms with Crippen LogP contribution < -0.4 is 10.5 Å². The van der Waals surface area contributed by atoms with Crippen LogP contribution in [0.3, 0.4) is 0 Å². The average Bonchev–Trinajstić information content (AvgIpc) is 2.16. The molecule has 1 aromatic carbocycles. The Hall–Kier alpha value is -0.990. The van der Waals surface area contributed by atoms with Crippen LogP contribution in [-0.4, -0.2) is 6.10 Å². The largest absolute Gasteiger partial charge is 0.491 e. The lowest BCUT2D eigenvalue weighted by Gasteiger charge is -2.18. The van der Waals surface area contributed by atoms with Gasteiger partial charge in [0, 0.05) is 11.6 Å². The van der Waals surface area contributed by atoms with E-state index in [1.54, 1.807) is 0 Å². The van der Waals surface area contributed by atoms with Gasteiger partial charge >= 0.3 is 0 Å². The van der Waals surface area contributed by atoms with Gasteiger partial charge in [-0.25, -0.2) is 0 Å². The summed E-state index contributed by atoms with van der Waals surface area (Å²) >= 11 is 0. The molecule has 0 unspecified atom stereocenters. The number of rotatable bonds is 5. The molecule has 3 heteroatoms. The third kappa shape index (κ3) is 5.24. The fourth-order valence-corrected chi connectivity index (χ4v) is 1.63. The van der Waals surface area contributed by atoms with E-state index in [1.807, 2.05) is 45.0 Å².